The molecule has 1 aromatic carbocycles. The third kappa shape index (κ3) is 7.51. The standard InChI is InChI=1S/C20H30BrN3O2.HI/c1-2-22-20(23-14-16-5-7-17(21)8-6-16)24-11-9-18(10-12-24)26-15-19-4-3-13-25-19;/h5-8,18-19H,2-4,9-15H2,1H3,(H,22,23);1H. The molecule has 0 aromatic heterocycles. The maximum Gasteiger partial charge on any atom is 0.194 e. The van der Waals surface area contributed by atoms with Crippen LogP contribution in [0, 0.1) is 0 Å². The van der Waals surface area contributed by atoms with Crippen LogP contribution in [0.3, 0.4) is 0 Å². The molecule has 0 radical (unpaired) electrons. The van der Waals surface area contributed by atoms with Crippen molar-refractivity contribution in [1.29, 1.82) is 0 Å². The normalized spacial score (nSPS) is 21.2. The summed E-state index contributed by atoms with van der Waals surface area (Å²) in [6, 6.07) is 8.36. The number of guanidine groups is 1. The summed E-state index contributed by atoms with van der Waals surface area (Å²) in [6.45, 7) is 7.33. The van der Waals surface area contributed by atoms with Crippen molar-refractivity contribution in [1.82, 2.24) is 10.2 Å². The molecule has 2 heterocycles. The molecule has 0 spiro atoms. The Morgan fingerprint density at radius 2 is 2.00 bits per heavy atom. The molecule has 2 aliphatic rings. The number of likely N-dealkylation sites (tertiary alicyclic amines) is 1. The maximum atomic E-state index is 6.08. The summed E-state index contributed by atoms with van der Waals surface area (Å²) in [5.74, 6) is 1.01. The van der Waals surface area contributed by atoms with Gasteiger partial charge in [-0.1, -0.05) is 28.1 Å². The Morgan fingerprint density at radius 1 is 1.26 bits per heavy atom. The van der Waals surface area contributed by atoms with Crippen molar-refractivity contribution in [2.45, 2.75) is 51.4 Å². The second-order valence-electron chi connectivity index (χ2n) is 6.95. The van der Waals surface area contributed by atoms with Gasteiger partial charge in [-0.05, 0) is 50.3 Å². The molecule has 2 saturated heterocycles. The van der Waals surface area contributed by atoms with Crippen molar-refractivity contribution in [2.24, 2.45) is 4.99 Å². The predicted molar refractivity (Wildman–Crippen MR) is 124 cm³/mol. The van der Waals surface area contributed by atoms with E-state index in [-0.39, 0.29) is 24.0 Å². The third-order valence-electron chi connectivity index (χ3n) is 4.94. The van der Waals surface area contributed by atoms with Gasteiger partial charge in [0.25, 0.3) is 0 Å². The van der Waals surface area contributed by atoms with Crippen molar-refractivity contribution < 1.29 is 9.47 Å². The molecule has 2 fully saturated rings. The molecule has 1 N–H and O–H groups in total. The number of rotatable bonds is 6. The first kappa shape index (κ1) is 22.9. The van der Waals surface area contributed by atoms with E-state index in [2.05, 4.69) is 57.3 Å². The lowest BCUT2D eigenvalue weighted by molar-refractivity contribution is -0.0367. The fourth-order valence-corrected chi connectivity index (χ4v) is 3.70. The Labute approximate surface area is 188 Å². The summed E-state index contributed by atoms with van der Waals surface area (Å²) in [5, 5.41) is 3.43. The van der Waals surface area contributed by atoms with Gasteiger partial charge in [0.05, 0.1) is 25.4 Å². The number of nitrogens with zero attached hydrogens (tertiary/aromatic N) is 2. The Hall–Kier alpha value is -0.380. The van der Waals surface area contributed by atoms with Crippen molar-refractivity contribution >= 4 is 45.9 Å². The average Bonchev–Trinajstić information content (AvgIpc) is 3.19. The second kappa shape index (κ2) is 12.2. The fraction of sp³-hybridized carbons (Fsp3) is 0.650. The molecular weight excluding hydrogens is 521 g/mol. The summed E-state index contributed by atoms with van der Waals surface area (Å²) in [5.41, 5.74) is 1.22. The Morgan fingerprint density at radius 3 is 2.63 bits per heavy atom. The zero-order chi connectivity index (χ0) is 18.2. The van der Waals surface area contributed by atoms with Crippen LogP contribution < -0.4 is 5.32 Å². The van der Waals surface area contributed by atoms with E-state index in [1.807, 2.05) is 0 Å². The van der Waals surface area contributed by atoms with Crippen molar-refractivity contribution in [3.05, 3.63) is 34.3 Å². The molecule has 0 aliphatic carbocycles. The maximum absolute atomic E-state index is 6.08. The molecular formula is C20H31BrIN3O2. The zero-order valence-electron chi connectivity index (χ0n) is 16.0. The van der Waals surface area contributed by atoms with Crippen molar-refractivity contribution in [2.75, 3.05) is 32.8 Å². The lowest BCUT2D eigenvalue weighted by Gasteiger charge is -2.34. The van der Waals surface area contributed by atoms with Crippen LogP contribution in [0.15, 0.2) is 33.7 Å². The molecule has 0 bridgehead atoms. The summed E-state index contributed by atoms with van der Waals surface area (Å²) in [4.78, 5) is 7.18. The first-order chi connectivity index (χ1) is 12.7. The van der Waals surface area contributed by atoms with Gasteiger partial charge in [-0.15, -0.1) is 24.0 Å². The Kier molecular flexibility index (Phi) is 10.4. The van der Waals surface area contributed by atoms with E-state index >= 15 is 0 Å². The lowest BCUT2D eigenvalue weighted by atomic mass is 10.1. The molecule has 1 unspecified atom stereocenters. The molecule has 27 heavy (non-hydrogen) atoms. The van der Waals surface area contributed by atoms with Gasteiger partial charge >= 0.3 is 0 Å². The highest BCUT2D eigenvalue weighted by Crippen LogP contribution is 2.18. The average molecular weight is 552 g/mol. The van der Waals surface area contributed by atoms with Gasteiger partial charge in [0, 0.05) is 30.7 Å². The van der Waals surface area contributed by atoms with Crippen LogP contribution in [-0.4, -0.2) is 55.9 Å². The number of nitrogens with one attached hydrogen (secondary N) is 1. The number of halogens is 2. The molecule has 7 heteroatoms. The number of aliphatic imine (C=N–C) groups is 1. The van der Waals surface area contributed by atoms with Gasteiger partial charge in [0.2, 0.25) is 0 Å². The molecule has 152 valence electrons. The van der Waals surface area contributed by atoms with Gasteiger partial charge in [-0.3, -0.25) is 0 Å². The summed E-state index contributed by atoms with van der Waals surface area (Å²) < 4.78 is 12.8. The molecule has 1 atom stereocenters. The molecule has 0 saturated carbocycles. The summed E-state index contributed by atoms with van der Waals surface area (Å²) in [7, 11) is 0. The molecule has 3 rings (SSSR count). The highest BCUT2D eigenvalue weighted by Gasteiger charge is 2.24. The van der Waals surface area contributed by atoms with Crippen LogP contribution in [0.2, 0.25) is 0 Å². The van der Waals surface area contributed by atoms with Crippen LogP contribution in [0.5, 0.6) is 0 Å². The van der Waals surface area contributed by atoms with E-state index < -0.39 is 0 Å². The van der Waals surface area contributed by atoms with Gasteiger partial charge < -0.3 is 19.7 Å². The van der Waals surface area contributed by atoms with Crippen LogP contribution in [0.1, 0.15) is 38.2 Å². The first-order valence-corrected chi connectivity index (χ1v) is 10.5. The van der Waals surface area contributed by atoms with Gasteiger partial charge in [0.15, 0.2) is 5.96 Å². The number of hydrogen-bond acceptors (Lipinski definition) is 3. The smallest absolute Gasteiger partial charge is 0.194 e. The predicted octanol–water partition coefficient (Wildman–Crippen LogP) is 4.19. The minimum absolute atomic E-state index is 0. The van der Waals surface area contributed by atoms with E-state index in [0.29, 0.717) is 18.8 Å². The lowest BCUT2D eigenvalue weighted by Crippen LogP contribution is -2.47. The number of piperidine rings is 1. The van der Waals surface area contributed by atoms with Gasteiger partial charge in [-0.25, -0.2) is 4.99 Å². The van der Waals surface area contributed by atoms with Crippen LogP contribution in [-0.2, 0) is 16.0 Å². The third-order valence-corrected chi connectivity index (χ3v) is 5.47. The molecule has 2 aliphatic heterocycles. The van der Waals surface area contributed by atoms with Crippen LogP contribution >= 0.6 is 39.9 Å². The van der Waals surface area contributed by atoms with E-state index in [1.165, 1.54) is 12.0 Å². The minimum Gasteiger partial charge on any atom is -0.376 e. The van der Waals surface area contributed by atoms with Crippen molar-refractivity contribution in [3.8, 4) is 0 Å². The van der Waals surface area contributed by atoms with E-state index in [0.717, 1.165) is 62.5 Å². The summed E-state index contributed by atoms with van der Waals surface area (Å²) >= 11 is 3.48. The SMILES string of the molecule is CCNC(=NCc1ccc(Br)cc1)N1CCC(OCC2CCCO2)CC1.I. The monoisotopic (exact) mass is 551 g/mol. The Bertz CT molecular complexity index is 571. The fourth-order valence-electron chi connectivity index (χ4n) is 3.44. The van der Waals surface area contributed by atoms with Crippen LogP contribution in [0.4, 0.5) is 0 Å². The van der Waals surface area contributed by atoms with Gasteiger partial charge in [-0.2, -0.15) is 0 Å². The number of ether oxygens (including phenoxy) is 2. The number of benzene rings is 1. The topological polar surface area (TPSA) is 46.1 Å². The summed E-state index contributed by atoms with van der Waals surface area (Å²) in [6.07, 6.45) is 5.09. The zero-order valence-corrected chi connectivity index (χ0v) is 19.9. The van der Waals surface area contributed by atoms with Gasteiger partial charge in [0.1, 0.15) is 0 Å². The Balaban J connectivity index is 0.00000261. The van der Waals surface area contributed by atoms with E-state index in [4.69, 9.17) is 14.5 Å². The largest absolute Gasteiger partial charge is 0.376 e. The van der Waals surface area contributed by atoms with Crippen molar-refractivity contribution in [3.63, 3.8) is 0 Å². The second-order valence-corrected chi connectivity index (χ2v) is 7.87. The number of hydrogen-bond donors (Lipinski definition) is 1. The highest BCUT2D eigenvalue weighted by molar-refractivity contribution is 14.0. The molecule has 5 nitrogen and oxygen atoms in total. The first-order valence-electron chi connectivity index (χ1n) is 9.75. The molecule has 0 amide bonds. The minimum atomic E-state index is 0. The van der Waals surface area contributed by atoms with E-state index in [1.54, 1.807) is 0 Å². The van der Waals surface area contributed by atoms with Crippen LogP contribution in [0.25, 0.3) is 0 Å². The quantitative estimate of drug-likeness (QED) is 0.327. The highest BCUT2D eigenvalue weighted by atomic mass is 127. The molecule has 1 aromatic rings. The van der Waals surface area contributed by atoms with E-state index in [9.17, 15) is 0 Å².